The van der Waals surface area contributed by atoms with E-state index in [0.717, 1.165) is 51.3 Å². The molecular formula is C16H31N3O2S. The molecule has 0 radical (unpaired) electrons. The second kappa shape index (κ2) is 12.6. The fourth-order valence-corrected chi connectivity index (χ4v) is 3.56. The first-order chi connectivity index (χ1) is 10.8. The van der Waals surface area contributed by atoms with Crippen LogP contribution in [0.2, 0.25) is 0 Å². The molecule has 0 aromatic rings. The molecule has 1 heterocycles. The molecule has 0 bridgehead atoms. The van der Waals surface area contributed by atoms with Crippen LogP contribution >= 0.6 is 11.8 Å². The zero-order valence-corrected chi connectivity index (χ0v) is 14.8. The van der Waals surface area contributed by atoms with Crippen molar-refractivity contribution in [3.8, 4) is 0 Å². The van der Waals surface area contributed by atoms with Gasteiger partial charge in [0.25, 0.3) is 0 Å². The lowest BCUT2D eigenvalue weighted by atomic mass is 10.1. The van der Waals surface area contributed by atoms with E-state index in [1.165, 1.54) is 25.7 Å². The normalized spacial score (nSPS) is 18.3. The molecule has 6 heteroatoms. The maximum atomic E-state index is 11.0. The van der Waals surface area contributed by atoms with Gasteiger partial charge in [-0.2, -0.15) is 11.8 Å². The molecular weight excluding hydrogens is 298 g/mol. The zero-order chi connectivity index (χ0) is 16.0. The molecule has 0 aliphatic carbocycles. The van der Waals surface area contributed by atoms with E-state index in [0.29, 0.717) is 11.7 Å². The van der Waals surface area contributed by atoms with Crippen molar-refractivity contribution in [2.45, 2.75) is 57.1 Å². The van der Waals surface area contributed by atoms with Gasteiger partial charge in [0.2, 0.25) is 0 Å². The number of esters is 1. The number of nitrogens with zero attached hydrogens (tertiary/aromatic N) is 1. The molecule has 1 atom stereocenters. The van der Waals surface area contributed by atoms with E-state index in [-0.39, 0.29) is 5.97 Å². The number of thioether (sulfide) groups is 1. The highest BCUT2D eigenvalue weighted by Gasteiger charge is 2.14. The molecule has 1 saturated heterocycles. The number of rotatable bonds is 10. The summed E-state index contributed by atoms with van der Waals surface area (Å²) in [4.78, 5) is 15.7. The zero-order valence-electron chi connectivity index (χ0n) is 14.0. The summed E-state index contributed by atoms with van der Waals surface area (Å²) in [6.07, 6.45) is 7.38. The van der Waals surface area contributed by atoms with Gasteiger partial charge in [0.05, 0.1) is 13.7 Å². The van der Waals surface area contributed by atoms with Crippen LogP contribution in [-0.4, -0.2) is 49.7 Å². The Morgan fingerprint density at radius 1 is 1.27 bits per heavy atom. The topological polar surface area (TPSA) is 62.7 Å². The third-order valence-corrected chi connectivity index (χ3v) is 5.03. The van der Waals surface area contributed by atoms with Gasteiger partial charge in [-0.15, -0.1) is 0 Å². The molecule has 0 aromatic carbocycles. The average molecular weight is 330 g/mol. The number of methoxy groups -OCH3 is 1. The Bertz CT molecular complexity index is 331. The Kier molecular flexibility index (Phi) is 11.0. The molecule has 0 aromatic heterocycles. The summed E-state index contributed by atoms with van der Waals surface area (Å²) in [6, 6.07) is 0. The van der Waals surface area contributed by atoms with Crippen LogP contribution in [0.4, 0.5) is 0 Å². The largest absolute Gasteiger partial charge is 0.469 e. The van der Waals surface area contributed by atoms with Gasteiger partial charge in [-0.3, -0.25) is 9.79 Å². The molecule has 0 saturated carbocycles. The Hall–Kier alpha value is -0.910. The molecule has 1 fully saturated rings. The van der Waals surface area contributed by atoms with Crippen molar-refractivity contribution in [2.24, 2.45) is 4.99 Å². The molecule has 128 valence electrons. The number of hydrogen-bond donors (Lipinski definition) is 2. The monoisotopic (exact) mass is 329 g/mol. The minimum Gasteiger partial charge on any atom is -0.469 e. The second-order valence-electron chi connectivity index (χ2n) is 5.52. The Morgan fingerprint density at radius 3 is 2.77 bits per heavy atom. The van der Waals surface area contributed by atoms with Crippen molar-refractivity contribution in [1.82, 2.24) is 10.6 Å². The summed E-state index contributed by atoms with van der Waals surface area (Å²) in [7, 11) is 1.44. The minimum atomic E-state index is -0.107. The lowest BCUT2D eigenvalue weighted by Gasteiger charge is -2.12. The van der Waals surface area contributed by atoms with E-state index in [4.69, 9.17) is 0 Å². The van der Waals surface area contributed by atoms with Crippen LogP contribution in [-0.2, 0) is 9.53 Å². The molecule has 1 unspecified atom stereocenters. The molecule has 5 nitrogen and oxygen atoms in total. The number of aliphatic imine (C=N–C) groups is 1. The van der Waals surface area contributed by atoms with Crippen molar-refractivity contribution < 1.29 is 9.53 Å². The number of carbonyl (C=O) groups excluding carboxylic acids is 1. The van der Waals surface area contributed by atoms with Crippen molar-refractivity contribution >= 4 is 23.7 Å². The first-order valence-corrected chi connectivity index (χ1v) is 9.51. The predicted octanol–water partition coefficient (Wildman–Crippen LogP) is 2.56. The summed E-state index contributed by atoms with van der Waals surface area (Å²) in [6.45, 7) is 4.83. The summed E-state index contributed by atoms with van der Waals surface area (Å²) < 4.78 is 4.63. The fraction of sp³-hybridized carbons (Fsp3) is 0.875. The first kappa shape index (κ1) is 19.1. The highest BCUT2D eigenvalue weighted by atomic mass is 32.2. The van der Waals surface area contributed by atoms with Crippen LogP contribution in [0.3, 0.4) is 0 Å². The lowest BCUT2D eigenvalue weighted by Crippen LogP contribution is -2.38. The van der Waals surface area contributed by atoms with Crippen molar-refractivity contribution in [3.05, 3.63) is 0 Å². The van der Waals surface area contributed by atoms with Crippen molar-refractivity contribution in [1.29, 1.82) is 0 Å². The molecule has 2 N–H and O–H groups in total. The minimum absolute atomic E-state index is 0.107. The smallest absolute Gasteiger partial charge is 0.305 e. The maximum absolute atomic E-state index is 11.0. The Balaban J connectivity index is 2.07. The van der Waals surface area contributed by atoms with Gasteiger partial charge in [-0.05, 0) is 38.4 Å². The molecule has 1 aliphatic heterocycles. The van der Waals surface area contributed by atoms with Gasteiger partial charge < -0.3 is 15.4 Å². The van der Waals surface area contributed by atoms with Gasteiger partial charge in [-0.1, -0.05) is 12.8 Å². The number of ether oxygens (including phenoxy) is 1. The van der Waals surface area contributed by atoms with Gasteiger partial charge in [0, 0.05) is 24.8 Å². The van der Waals surface area contributed by atoms with E-state index < -0.39 is 0 Å². The van der Waals surface area contributed by atoms with Crippen LogP contribution < -0.4 is 10.6 Å². The molecule has 1 aliphatic rings. The molecule has 22 heavy (non-hydrogen) atoms. The summed E-state index contributed by atoms with van der Waals surface area (Å²) in [5.74, 6) is 2.12. The van der Waals surface area contributed by atoms with Crippen LogP contribution in [0.25, 0.3) is 0 Å². The maximum Gasteiger partial charge on any atom is 0.305 e. The standard InChI is InChI=1S/C16H31N3O2S/c1-3-17-16(19-13-14-9-8-12-22-14)18-11-7-5-4-6-10-15(20)21-2/h14H,3-13H2,1-2H3,(H2,17,18,19). The highest BCUT2D eigenvalue weighted by molar-refractivity contribution is 8.00. The van der Waals surface area contributed by atoms with Gasteiger partial charge in [0.15, 0.2) is 5.96 Å². The van der Waals surface area contributed by atoms with Crippen LogP contribution in [0.1, 0.15) is 51.9 Å². The quantitative estimate of drug-likeness (QED) is 0.279. The third-order valence-electron chi connectivity index (χ3n) is 3.65. The van der Waals surface area contributed by atoms with E-state index in [1.54, 1.807) is 0 Å². The number of hydrogen-bond acceptors (Lipinski definition) is 4. The van der Waals surface area contributed by atoms with Crippen LogP contribution in [0.15, 0.2) is 4.99 Å². The SMILES string of the molecule is CCNC(=NCC1CCCS1)NCCCCCCC(=O)OC. The van der Waals surface area contributed by atoms with E-state index >= 15 is 0 Å². The number of unbranched alkanes of at least 4 members (excludes halogenated alkanes) is 3. The summed E-state index contributed by atoms with van der Waals surface area (Å²) in [5.41, 5.74) is 0. The van der Waals surface area contributed by atoms with E-state index in [1.807, 2.05) is 11.8 Å². The molecule has 0 spiro atoms. The number of carbonyl (C=O) groups is 1. The van der Waals surface area contributed by atoms with Crippen molar-refractivity contribution in [2.75, 3.05) is 32.5 Å². The van der Waals surface area contributed by atoms with Crippen molar-refractivity contribution in [3.63, 3.8) is 0 Å². The predicted molar refractivity (Wildman–Crippen MR) is 94.6 cm³/mol. The molecule has 1 rings (SSSR count). The number of nitrogens with one attached hydrogen (secondary N) is 2. The Morgan fingerprint density at radius 2 is 2.09 bits per heavy atom. The summed E-state index contributed by atoms with van der Waals surface area (Å²) in [5, 5.41) is 7.40. The van der Waals surface area contributed by atoms with E-state index in [9.17, 15) is 4.79 Å². The number of guanidine groups is 1. The lowest BCUT2D eigenvalue weighted by molar-refractivity contribution is -0.140. The highest BCUT2D eigenvalue weighted by Crippen LogP contribution is 2.25. The second-order valence-corrected chi connectivity index (χ2v) is 6.93. The first-order valence-electron chi connectivity index (χ1n) is 8.46. The van der Waals surface area contributed by atoms with E-state index in [2.05, 4.69) is 27.3 Å². The van der Waals surface area contributed by atoms with Gasteiger partial charge in [-0.25, -0.2) is 0 Å². The average Bonchev–Trinajstić information content (AvgIpc) is 3.04. The third kappa shape index (κ3) is 9.18. The Labute approximate surface area is 139 Å². The summed E-state index contributed by atoms with van der Waals surface area (Å²) >= 11 is 2.04. The van der Waals surface area contributed by atoms with Crippen LogP contribution in [0.5, 0.6) is 0 Å². The van der Waals surface area contributed by atoms with Gasteiger partial charge in [0.1, 0.15) is 0 Å². The fourth-order valence-electron chi connectivity index (χ4n) is 2.38. The van der Waals surface area contributed by atoms with Crippen LogP contribution in [0, 0.1) is 0 Å². The van der Waals surface area contributed by atoms with Gasteiger partial charge >= 0.3 is 5.97 Å². The molecule has 0 amide bonds.